The van der Waals surface area contributed by atoms with Crippen LogP contribution in [-0.4, -0.2) is 4.57 Å². The minimum atomic E-state index is 1.01. The summed E-state index contributed by atoms with van der Waals surface area (Å²) in [4.78, 5) is 0. The first-order valence-corrected chi connectivity index (χ1v) is 6.96. The van der Waals surface area contributed by atoms with Gasteiger partial charge in [-0.15, -0.1) is 6.58 Å². The smallest absolute Gasteiger partial charge is 0.0491 e. The minimum absolute atomic E-state index is 1.01. The highest BCUT2D eigenvalue weighted by Crippen LogP contribution is 2.29. The third-order valence-electron chi connectivity index (χ3n) is 3.79. The van der Waals surface area contributed by atoms with Crippen molar-refractivity contribution in [2.45, 2.75) is 26.3 Å². The average Bonchev–Trinajstić information content (AvgIpc) is 2.78. The van der Waals surface area contributed by atoms with Crippen LogP contribution >= 0.6 is 0 Å². The molecule has 0 atom stereocenters. The lowest BCUT2D eigenvalue weighted by Crippen LogP contribution is -1.92. The third-order valence-corrected chi connectivity index (χ3v) is 3.79. The standard InChI is InChI=1S/C18H19N/c1-3-5-8-14-11-12-18-16(13-14)15-9-6-7-10-17(15)19(18)4-2/h3,6-7,9-13H,1,4-5,8H2,2H3. The van der Waals surface area contributed by atoms with Gasteiger partial charge in [-0.2, -0.15) is 0 Å². The number of aromatic nitrogens is 1. The molecule has 0 saturated carbocycles. The van der Waals surface area contributed by atoms with Crippen LogP contribution in [0.2, 0.25) is 0 Å². The second-order valence-electron chi connectivity index (χ2n) is 4.94. The van der Waals surface area contributed by atoms with Crippen molar-refractivity contribution in [3.05, 3.63) is 60.7 Å². The van der Waals surface area contributed by atoms with E-state index in [0.29, 0.717) is 0 Å². The van der Waals surface area contributed by atoms with Crippen LogP contribution in [0.25, 0.3) is 21.8 Å². The van der Waals surface area contributed by atoms with E-state index < -0.39 is 0 Å². The van der Waals surface area contributed by atoms with Crippen molar-refractivity contribution >= 4 is 21.8 Å². The van der Waals surface area contributed by atoms with Crippen molar-refractivity contribution in [2.24, 2.45) is 0 Å². The number of hydrogen-bond acceptors (Lipinski definition) is 0. The van der Waals surface area contributed by atoms with Gasteiger partial charge in [-0.25, -0.2) is 0 Å². The van der Waals surface area contributed by atoms with E-state index in [1.54, 1.807) is 0 Å². The molecule has 0 unspecified atom stereocenters. The highest BCUT2D eigenvalue weighted by atomic mass is 15.0. The normalized spacial score (nSPS) is 11.2. The number of allylic oxidation sites excluding steroid dienone is 1. The molecule has 0 bridgehead atoms. The van der Waals surface area contributed by atoms with Crippen molar-refractivity contribution in [1.29, 1.82) is 0 Å². The number of para-hydroxylation sites is 1. The zero-order chi connectivity index (χ0) is 13.2. The van der Waals surface area contributed by atoms with Gasteiger partial charge in [-0.1, -0.05) is 30.3 Å². The lowest BCUT2D eigenvalue weighted by molar-refractivity contribution is 0.827. The lowest BCUT2D eigenvalue weighted by atomic mass is 10.1. The van der Waals surface area contributed by atoms with E-state index in [2.05, 4.69) is 60.5 Å². The fourth-order valence-corrected chi connectivity index (χ4v) is 2.87. The van der Waals surface area contributed by atoms with Crippen LogP contribution in [0, 0.1) is 0 Å². The van der Waals surface area contributed by atoms with Crippen LogP contribution in [0.15, 0.2) is 55.1 Å². The van der Waals surface area contributed by atoms with Crippen molar-refractivity contribution < 1.29 is 0 Å². The molecule has 2 aromatic carbocycles. The molecular weight excluding hydrogens is 230 g/mol. The summed E-state index contributed by atoms with van der Waals surface area (Å²) in [7, 11) is 0. The molecule has 1 aromatic heterocycles. The molecule has 0 amide bonds. The zero-order valence-corrected chi connectivity index (χ0v) is 11.4. The Morgan fingerprint density at radius 1 is 1.05 bits per heavy atom. The van der Waals surface area contributed by atoms with Gasteiger partial charge in [0.2, 0.25) is 0 Å². The molecular formula is C18H19N. The summed E-state index contributed by atoms with van der Waals surface area (Å²) < 4.78 is 2.39. The molecule has 1 heterocycles. The molecule has 96 valence electrons. The van der Waals surface area contributed by atoms with Gasteiger partial charge in [-0.3, -0.25) is 0 Å². The fourth-order valence-electron chi connectivity index (χ4n) is 2.87. The number of rotatable bonds is 4. The summed E-state index contributed by atoms with van der Waals surface area (Å²) in [5.41, 5.74) is 4.07. The van der Waals surface area contributed by atoms with Crippen LogP contribution < -0.4 is 0 Å². The van der Waals surface area contributed by atoms with Crippen LogP contribution in [0.4, 0.5) is 0 Å². The molecule has 0 fully saturated rings. The van der Waals surface area contributed by atoms with Gasteiger partial charge in [0.15, 0.2) is 0 Å². The van der Waals surface area contributed by atoms with E-state index in [1.165, 1.54) is 27.4 Å². The van der Waals surface area contributed by atoms with Crippen LogP contribution in [-0.2, 0) is 13.0 Å². The van der Waals surface area contributed by atoms with Gasteiger partial charge in [0.1, 0.15) is 0 Å². The third kappa shape index (κ3) is 1.95. The molecule has 19 heavy (non-hydrogen) atoms. The van der Waals surface area contributed by atoms with Gasteiger partial charge in [-0.05, 0) is 43.5 Å². The highest BCUT2D eigenvalue weighted by molar-refractivity contribution is 6.08. The predicted octanol–water partition coefficient (Wildman–Crippen LogP) is 4.93. The van der Waals surface area contributed by atoms with Crippen molar-refractivity contribution in [2.75, 3.05) is 0 Å². The zero-order valence-electron chi connectivity index (χ0n) is 11.4. The predicted molar refractivity (Wildman–Crippen MR) is 83.6 cm³/mol. The van der Waals surface area contributed by atoms with Gasteiger partial charge in [0.05, 0.1) is 0 Å². The average molecular weight is 249 g/mol. The maximum atomic E-state index is 3.80. The van der Waals surface area contributed by atoms with Gasteiger partial charge >= 0.3 is 0 Å². The Hall–Kier alpha value is -2.02. The molecule has 0 aliphatic rings. The van der Waals surface area contributed by atoms with E-state index in [4.69, 9.17) is 0 Å². The number of hydrogen-bond donors (Lipinski definition) is 0. The molecule has 0 spiro atoms. The Kier molecular flexibility index (Phi) is 3.12. The first-order chi connectivity index (χ1) is 9.35. The van der Waals surface area contributed by atoms with Crippen LogP contribution in [0.3, 0.4) is 0 Å². The van der Waals surface area contributed by atoms with E-state index in [0.717, 1.165) is 19.4 Å². The molecule has 1 heteroatoms. The maximum absolute atomic E-state index is 3.80. The van der Waals surface area contributed by atoms with Crippen molar-refractivity contribution in [1.82, 2.24) is 4.57 Å². The largest absolute Gasteiger partial charge is 0.341 e. The second-order valence-corrected chi connectivity index (χ2v) is 4.94. The Morgan fingerprint density at radius 3 is 2.63 bits per heavy atom. The lowest BCUT2D eigenvalue weighted by Gasteiger charge is -2.03. The minimum Gasteiger partial charge on any atom is -0.341 e. The fraction of sp³-hybridized carbons (Fsp3) is 0.222. The molecule has 0 radical (unpaired) electrons. The topological polar surface area (TPSA) is 4.93 Å². The summed E-state index contributed by atoms with van der Waals surface area (Å²) in [6.45, 7) is 7.02. The highest BCUT2D eigenvalue weighted by Gasteiger charge is 2.09. The number of nitrogens with zero attached hydrogens (tertiary/aromatic N) is 1. The summed E-state index contributed by atoms with van der Waals surface area (Å²) >= 11 is 0. The Balaban J connectivity index is 2.27. The Labute approximate surface area is 114 Å². The number of fused-ring (bicyclic) bond motifs is 3. The summed E-state index contributed by atoms with van der Waals surface area (Å²) in [6, 6.07) is 15.5. The first-order valence-electron chi connectivity index (χ1n) is 6.96. The van der Waals surface area contributed by atoms with Crippen molar-refractivity contribution in [3.8, 4) is 0 Å². The molecule has 0 aliphatic heterocycles. The molecule has 1 nitrogen and oxygen atoms in total. The molecule has 0 N–H and O–H groups in total. The number of aryl methyl sites for hydroxylation is 2. The second kappa shape index (κ2) is 4.93. The van der Waals surface area contributed by atoms with Gasteiger partial charge in [0, 0.05) is 28.4 Å². The first kappa shape index (κ1) is 12.0. The SMILES string of the molecule is C=CCCc1ccc2c(c1)c1ccccc1n2CC. The Bertz CT molecular complexity index is 734. The summed E-state index contributed by atoms with van der Waals surface area (Å²) in [5, 5.41) is 2.74. The molecule has 0 saturated heterocycles. The Morgan fingerprint density at radius 2 is 1.84 bits per heavy atom. The van der Waals surface area contributed by atoms with E-state index in [1.807, 2.05) is 6.08 Å². The van der Waals surface area contributed by atoms with Gasteiger partial charge < -0.3 is 4.57 Å². The molecule has 0 aliphatic carbocycles. The van der Waals surface area contributed by atoms with E-state index in [9.17, 15) is 0 Å². The van der Waals surface area contributed by atoms with E-state index in [-0.39, 0.29) is 0 Å². The van der Waals surface area contributed by atoms with Crippen LogP contribution in [0.1, 0.15) is 18.9 Å². The number of benzene rings is 2. The van der Waals surface area contributed by atoms with Gasteiger partial charge in [0.25, 0.3) is 0 Å². The molecule has 3 rings (SSSR count). The quantitative estimate of drug-likeness (QED) is 0.578. The van der Waals surface area contributed by atoms with Crippen LogP contribution in [0.5, 0.6) is 0 Å². The summed E-state index contributed by atoms with van der Waals surface area (Å²) in [6.07, 6.45) is 4.10. The monoisotopic (exact) mass is 249 g/mol. The van der Waals surface area contributed by atoms with E-state index >= 15 is 0 Å². The molecule has 3 aromatic rings. The maximum Gasteiger partial charge on any atom is 0.0491 e. The summed E-state index contributed by atoms with van der Waals surface area (Å²) in [5.74, 6) is 0. The van der Waals surface area contributed by atoms with Crippen molar-refractivity contribution in [3.63, 3.8) is 0 Å².